The van der Waals surface area contributed by atoms with Crippen molar-refractivity contribution in [2.45, 2.75) is 31.4 Å². The van der Waals surface area contributed by atoms with Crippen LogP contribution in [0.1, 0.15) is 20.8 Å². The summed E-state index contributed by atoms with van der Waals surface area (Å²) in [7, 11) is -4.90. The predicted molar refractivity (Wildman–Crippen MR) is 62.4 cm³/mol. The Hall–Kier alpha value is -1.70. The normalized spacial score (nSPS) is 12.0. The summed E-state index contributed by atoms with van der Waals surface area (Å²) in [4.78, 5) is 14.8. The third-order valence-electron chi connectivity index (χ3n) is 1.60. The lowest BCUT2D eigenvalue weighted by Gasteiger charge is -2.19. The van der Waals surface area contributed by atoms with Gasteiger partial charge in [0.2, 0.25) is 0 Å². The minimum absolute atomic E-state index is 0.108. The van der Waals surface area contributed by atoms with E-state index in [1.165, 1.54) is 12.1 Å². The van der Waals surface area contributed by atoms with Gasteiger partial charge in [0.25, 0.3) is 0 Å². The number of aromatic nitrogens is 1. The molecule has 6 nitrogen and oxygen atoms in total. The maximum atomic E-state index is 12.7. The molecule has 0 fully saturated rings. The van der Waals surface area contributed by atoms with Crippen molar-refractivity contribution in [3.8, 4) is 0 Å². The van der Waals surface area contributed by atoms with E-state index in [-0.39, 0.29) is 5.82 Å². The molecule has 0 spiro atoms. The Balaban J connectivity index is 2.84. The number of hydrogen-bond donors (Lipinski definition) is 1. The molecule has 1 heterocycles. The van der Waals surface area contributed by atoms with Gasteiger partial charge in [-0.1, -0.05) is 9.95 Å². The van der Waals surface area contributed by atoms with Crippen LogP contribution in [-0.4, -0.2) is 25.1 Å². The topological polar surface area (TPSA) is 85.4 Å². The van der Waals surface area contributed by atoms with E-state index in [9.17, 15) is 17.1 Å². The molecule has 0 radical (unpaired) electrons. The molecule has 0 bridgehead atoms. The lowest BCUT2D eigenvalue weighted by atomic mass is 10.2. The molecule has 8 heteroatoms. The highest BCUT2D eigenvalue weighted by Crippen LogP contribution is 2.14. The first-order valence-electron chi connectivity index (χ1n) is 5.00. The predicted octanol–water partition coefficient (Wildman–Crippen LogP) is 2.09. The fourth-order valence-corrected chi connectivity index (χ4v) is 1.48. The van der Waals surface area contributed by atoms with Gasteiger partial charge in [0.15, 0.2) is 5.03 Å². The van der Waals surface area contributed by atoms with E-state index >= 15 is 0 Å². The first-order chi connectivity index (χ1) is 8.08. The smallest absolute Gasteiger partial charge is 0.413 e. The molecule has 0 aromatic carbocycles. The standard InChI is InChI=1S/C10H13FN2O4S/c1-10(2,3)17-9(14)13-7-5-4-6-8(12-7)18(11,15)16/h4-6H,1-3H3,(H,12,13,14). The van der Waals surface area contributed by atoms with Crippen LogP contribution in [0.5, 0.6) is 0 Å². The zero-order chi connectivity index (χ0) is 14.0. The minimum atomic E-state index is -4.90. The third-order valence-corrected chi connectivity index (χ3v) is 2.33. The average Bonchev–Trinajstić information content (AvgIpc) is 2.13. The highest BCUT2D eigenvalue weighted by atomic mass is 32.3. The largest absolute Gasteiger partial charge is 0.444 e. The number of halogens is 1. The number of carbonyl (C=O) groups excluding carboxylic acids is 1. The van der Waals surface area contributed by atoms with Crippen molar-refractivity contribution in [2.75, 3.05) is 5.32 Å². The van der Waals surface area contributed by atoms with Crippen LogP contribution in [-0.2, 0) is 15.0 Å². The zero-order valence-corrected chi connectivity index (χ0v) is 10.9. The van der Waals surface area contributed by atoms with E-state index in [0.29, 0.717) is 0 Å². The maximum absolute atomic E-state index is 12.7. The van der Waals surface area contributed by atoms with Crippen LogP contribution in [0.25, 0.3) is 0 Å². The molecule has 1 aromatic rings. The van der Waals surface area contributed by atoms with Crippen LogP contribution in [0.4, 0.5) is 14.5 Å². The second kappa shape index (κ2) is 4.89. The van der Waals surface area contributed by atoms with Crippen LogP contribution in [0.3, 0.4) is 0 Å². The molecule has 1 aromatic heterocycles. The van der Waals surface area contributed by atoms with E-state index in [1.807, 2.05) is 0 Å². The maximum Gasteiger partial charge on any atom is 0.413 e. The van der Waals surface area contributed by atoms with Crippen molar-refractivity contribution >= 4 is 22.1 Å². The average molecular weight is 276 g/mol. The molecule has 0 unspecified atom stereocenters. The minimum Gasteiger partial charge on any atom is -0.444 e. The summed E-state index contributed by atoms with van der Waals surface area (Å²) in [6, 6.07) is 3.56. The Kier molecular flexibility index (Phi) is 3.90. The molecule has 1 rings (SSSR count). The van der Waals surface area contributed by atoms with Gasteiger partial charge in [0.1, 0.15) is 11.4 Å². The SMILES string of the molecule is CC(C)(C)OC(=O)Nc1cccc(S(=O)(=O)F)n1. The van der Waals surface area contributed by atoms with Crippen LogP contribution in [0, 0.1) is 0 Å². The van der Waals surface area contributed by atoms with Gasteiger partial charge in [-0.15, -0.1) is 0 Å². The van der Waals surface area contributed by atoms with Gasteiger partial charge in [-0.25, -0.2) is 9.78 Å². The summed E-state index contributed by atoms with van der Waals surface area (Å²) in [5, 5.41) is 1.44. The van der Waals surface area contributed by atoms with Crippen LogP contribution >= 0.6 is 0 Å². The van der Waals surface area contributed by atoms with Crippen molar-refractivity contribution in [2.24, 2.45) is 0 Å². The molecule has 1 amide bonds. The van der Waals surface area contributed by atoms with Crippen molar-refractivity contribution in [3.63, 3.8) is 0 Å². The Morgan fingerprint density at radius 1 is 1.39 bits per heavy atom. The summed E-state index contributed by atoms with van der Waals surface area (Å²) in [6.45, 7) is 5.01. The first kappa shape index (κ1) is 14.4. The van der Waals surface area contributed by atoms with Gasteiger partial charge in [-0.05, 0) is 32.9 Å². The molecule has 0 aliphatic carbocycles. The number of hydrogen-bond acceptors (Lipinski definition) is 5. The van der Waals surface area contributed by atoms with Crippen LogP contribution in [0.2, 0.25) is 0 Å². The number of nitrogens with one attached hydrogen (secondary N) is 1. The van der Waals surface area contributed by atoms with Gasteiger partial charge in [0.05, 0.1) is 0 Å². The molecule has 18 heavy (non-hydrogen) atoms. The van der Waals surface area contributed by atoms with E-state index in [4.69, 9.17) is 4.74 Å². The van der Waals surface area contributed by atoms with Crippen molar-refractivity contribution in [3.05, 3.63) is 18.2 Å². The third kappa shape index (κ3) is 4.66. The molecule has 0 saturated heterocycles. The zero-order valence-electron chi connectivity index (χ0n) is 10.1. The number of ether oxygens (including phenoxy) is 1. The van der Waals surface area contributed by atoms with Gasteiger partial charge in [-0.3, -0.25) is 5.32 Å². The Labute approximate surface area is 104 Å². The van der Waals surface area contributed by atoms with Gasteiger partial charge in [0, 0.05) is 0 Å². The number of pyridine rings is 1. The van der Waals surface area contributed by atoms with E-state index in [1.54, 1.807) is 20.8 Å². The van der Waals surface area contributed by atoms with E-state index < -0.39 is 26.9 Å². The lowest BCUT2D eigenvalue weighted by molar-refractivity contribution is 0.0635. The summed E-state index contributed by atoms with van der Waals surface area (Å²) in [6.07, 6.45) is -0.802. The molecule has 1 N–H and O–H groups in total. The van der Waals surface area contributed by atoms with E-state index in [2.05, 4.69) is 10.3 Å². The van der Waals surface area contributed by atoms with Crippen LogP contribution < -0.4 is 5.32 Å². The Bertz CT molecular complexity index is 551. The monoisotopic (exact) mass is 276 g/mol. The molecular formula is C10H13FN2O4S. The second-order valence-electron chi connectivity index (χ2n) is 4.43. The molecular weight excluding hydrogens is 263 g/mol. The van der Waals surface area contributed by atoms with Gasteiger partial charge < -0.3 is 4.74 Å². The lowest BCUT2D eigenvalue weighted by Crippen LogP contribution is -2.27. The number of amides is 1. The molecule has 0 aliphatic rings. The van der Waals surface area contributed by atoms with Gasteiger partial charge in [-0.2, -0.15) is 8.42 Å². The summed E-state index contributed by atoms with van der Waals surface area (Å²) in [5.41, 5.74) is -0.701. The fraction of sp³-hybridized carbons (Fsp3) is 0.400. The first-order valence-corrected chi connectivity index (χ1v) is 6.38. The molecule has 0 saturated carbocycles. The number of carbonyl (C=O) groups is 1. The number of nitrogens with zero attached hydrogens (tertiary/aromatic N) is 1. The second-order valence-corrected chi connectivity index (χ2v) is 5.72. The molecule has 0 atom stereocenters. The quantitative estimate of drug-likeness (QED) is 0.836. The molecule has 100 valence electrons. The summed E-state index contributed by atoms with van der Waals surface area (Å²) < 4.78 is 38.9. The van der Waals surface area contributed by atoms with E-state index in [0.717, 1.165) is 6.07 Å². The Morgan fingerprint density at radius 2 is 2.00 bits per heavy atom. The summed E-state index contributed by atoms with van der Waals surface area (Å²) in [5.74, 6) is -0.108. The van der Waals surface area contributed by atoms with Crippen molar-refractivity contribution < 1.29 is 21.8 Å². The number of anilines is 1. The molecule has 0 aliphatic heterocycles. The van der Waals surface area contributed by atoms with Crippen molar-refractivity contribution in [1.29, 1.82) is 0 Å². The van der Waals surface area contributed by atoms with Crippen LogP contribution in [0.15, 0.2) is 23.2 Å². The van der Waals surface area contributed by atoms with Crippen molar-refractivity contribution in [1.82, 2.24) is 4.98 Å². The number of rotatable bonds is 2. The summed E-state index contributed by atoms with van der Waals surface area (Å²) >= 11 is 0. The Morgan fingerprint density at radius 3 is 2.50 bits per heavy atom. The highest BCUT2D eigenvalue weighted by Gasteiger charge is 2.18. The fourth-order valence-electron chi connectivity index (χ4n) is 1.03. The van der Waals surface area contributed by atoms with Gasteiger partial charge >= 0.3 is 16.3 Å². The highest BCUT2D eigenvalue weighted by molar-refractivity contribution is 7.86.